The van der Waals surface area contributed by atoms with Gasteiger partial charge in [0.1, 0.15) is 0 Å². The Balaban J connectivity index is 4.43. The van der Waals surface area contributed by atoms with Gasteiger partial charge in [-0.05, 0) is 0 Å². The van der Waals surface area contributed by atoms with Crippen molar-refractivity contribution >= 4 is 65.9 Å². The first-order valence-corrected chi connectivity index (χ1v) is 14.4. The Kier molecular flexibility index (Phi) is 1.93. The SMILES string of the molecule is Cl[Se](Cl)(Cl)(Cl)(Cl)Cl. The van der Waals surface area contributed by atoms with Crippen molar-refractivity contribution in [1.29, 1.82) is 0 Å². The quantitative estimate of drug-likeness (QED) is 0.596. The fraction of sp³-hybridized carbons (Fsp3) is 0. The summed E-state index contributed by atoms with van der Waals surface area (Å²) in [5, 5.41) is -5.12. The molecule has 0 aromatic rings. The molecule has 0 aliphatic heterocycles. The third-order valence-corrected chi connectivity index (χ3v) is 0. The van der Waals surface area contributed by atoms with Gasteiger partial charge in [0.2, 0.25) is 0 Å². The summed E-state index contributed by atoms with van der Waals surface area (Å²) in [6.45, 7) is 0. The van der Waals surface area contributed by atoms with E-state index in [1.807, 2.05) is 0 Å². The van der Waals surface area contributed by atoms with E-state index < -0.39 is 5.26 Å². The second-order valence-corrected chi connectivity index (χ2v) is 40.9. The number of halogens is 6. The summed E-state index contributed by atoms with van der Waals surface area (Å²) in [7, 11) is 30.2. The van der Waals surface area contributed by atoms with Crippen LogP contribution in [0.15, 0.2) is 0 Å². The van der Waals surface area contributed by atoms with Crippen LogP contribution in [0.2, 0.25) is 0 Å². The van der Waals surface area contributed by atoms with Crippen LogP contribution >= 0.6 is 60.6 Å². The molecule has 0 aliphatic rings. The first-order chi connectivity index (χ1) is 2.45. The zero-order chi connectivity index (χ0) is 6.41. The third kappa shape index (κ3) is 63.4. The summed E-state index contributed by atoms with van der Waals surface area (Å²) < 4.78 is 0. The van der Waals surface area contributed by atoms with Gasteiger partial charge < -0.3 is 0 Å². The minimum absolute atomic E-state index is 5.03. The summed E-state index contributed by atoms with van der Waals surface area (Å²) in [6, 6.07) is 0. The molecule has 0 heterocycles. The molecule has 0 aromatic carbocycles. The van der Waals surface area contributed by atoms with Crippen LogP contribution in [0.25, 0.3) is 0 Å². The molecular formula is Cl6Se. The maximum absolute atomic E-state index is 5.12. The fourth-order valence-corrected chi connectivity index (χ4v) is 0. The van der Waals surface area contributed by atoms with Gasteiger partial charge in [-0.15, -0.1) is 0 Å². The van der Waals surface area contributed by atoms with Crippen molar-refractivity contribution in [3.63, 3.8) is 0 Å². The summed E-state index contributed by atoms with van der Waals surface area (Å²) in [5.41, 5.74) is 0. The van der Waals surface area contributed by atoms with E-state index in [4.69, 9.17) is 60.6 Å². The van der Waals surface area contributed by atoms with Gasteiger partial charge in [0, 0.05) is 0 Å². The molecule has 0 atom stereocenters. The Morgan fingerprint density at radius 3 is 0.571 bits per heavy atom. The molecule has 0 bridgehead atoms. The molecule has 0 nitrogen and oxygen atoms in total. The molecule has 0 saturated heterocycles. The van der Waals surface area contributed by atoms with Crippen LogP contribution in [0, 0.1) is 0 Å². The fourth-order valence-electron chi connectivity index (χ4n) is 0. The Morgan fingerprint density at radius 2 is 0.571 bits per heavy atom. The molecule has 0 N–H and O–H groups in total. The molecule has 0 fully saturated rings. The Labute approximate surface area is 65.2 Å². The zero-order valence-electron chi connectivity index (χ0n) is 2.68. The van der Waals surface area contributed by atoms with Gasteiger partial charge in [-0.25, -0.2) is 0 Å². The van der Waals surface area contributed by atoms with Crippen LogP contribution < -0.4 is 0 Å². The maximum atomic E-state index is 5.03. The molecule has 7 heavy (non-hydrogen) atoms. The van der Waals surface area contributed by atoms with Crippen LogP contribution in [0.5, 0.6) is 0 Å². The monoisotopic (exact) mass is 290 g/mol. The second kappa shape index (κ2) is 1.46. The van der Waals surface area contributed by atoms with Crippen molar-refractivity contribution in [2.75, 3.05) is 0 Å². The second-order valence-electron chi connectivity index (χ2n) is 0.875. The van der Waals surface area contributed by atoms with E-state index in [1.54, 1.807) is 0 Å². The van der Waals surface area contributed by atoms with E-state index in [9.17, 15) is 0 Å². The Bertz CT molecular complexity index is 62.7. The standard InChI is InChI=1S/Cl6Se/c1-7(2,3,4,5)6. The van der Waals surface area contributed by atoms with Gasteiger partial charge in [-0.2, -0.15) is 0 Å². The molecule has 0 rings (SSSR count). The van der Waals surface area contributed by atoms with E-state index in [-0.39, 0.29) is 0 Å². The number of hydrogen-bond acceptors (Lipinski definition) is 0. The minimum atomic E-state index is -5.12. The molecule has 0 radical (unpaired) electrons. The van der Waals surface area contributed by atoms with Crippen LogP contribution in [0.3, 0.4) is 0 Å². The van der Waals surface area contributed by atoms with E-state index in [0.717, 1.165) is 0 Å². The summed E-state index contributed by atoms with van der Waals surface area (Å²) >= 11 is 0. The summed E-state index contributed by atoms with van der Waals surface area (Å²) in [5.74, 6) is 0. The molecular weight excluding hydrogens is 292 g/mol. The first kappa shape index (κ1) is 9.26. The first-order valence-electron chi connectivity index (χ1n) is 0.926. The van der Waals surface area contributed by atoms with Crippen molar-refractivity contribution in [2.24, 2.45) is 0 Å². The molecule has 0 aromatic heterocycles. The molecule has 0 unspecified atom stereocenters. The zero-order valence-corrected chi connectivity index (χ0v) is 8.92. The molecule has 0 saturated carbocycles. The average Bonchev–Trinajstić information content (AvgIpc) is 0.592. The summed E-state index contributed by atoms with van der Waals surface area (Å²) in [6.07, 6.45) is 0. The topological polar surface area (TPSA) is 0 Å². The third-order valence-electron chi connectivity index (χ3n) is 0. The van der Waals surface area contributed by atoms with Crippen molar-refractivity contribution in [1.82, 2.24) is 0 Å². The molecule has 0 aliphatic carbocycles. The van der Waals surface area contributed by atoms with Crippen molar-refractivity contribution in [2.45, 2.75) is 0 Å². The average molecular weight is 292 g/mol. The Hall–Kier alpha value is 2.26. The van der Waals surface area contributed by atoms with Crippen LogP contribution in [-0.4, -0.2) is 5.26 Å². The van der Waals surface area contributed by atoms with Crippen molar-refractivity contribution in [3.8, 4) is 0 Å². The number of rotatable bonds is 0. The van der Waals surface area contributed by atoms with Crippen molar-refractivity contribution in [3.05, 3.63) is 0 Å². The van der Waals surface area contributed by atoms with Crippen molar-refractivity contribution < 1.29 is 0 Å². The van der Waals surface area contributed by atoms with Gasteiger partial charge in [0.15, 0.2) is 0 Å². The number of hydrogen-bond donors (Lipinski definition) is 0. The van der Waals surface area contributed by atoms with Crippen LogP contribution in [-0.2, 0) is 0 Å². The van der Waals surface area contributed by atoms with E-state index in [1.165, 1.54) is 0 Å². The predicted octanol–water partition coefficient (Wildman–Crippen LogP) is 3.76. The summed E-state index contributed by atoms with van der Waals surface area (Å²) in [4.78, 5) is 0. The van der Waals surface area contributed by atoms with Gasteiger partial charge in [0.05, 0.1) is 0 Å². The van der Waals surface area contributed by atoms with E-state index >= 15 is 0 Å². The molecule has 0 spiro atoms. The van der Waals surface area contributed by atoms with Crippen LogP contribution in [0.1, 0.15) is 0 Å². The van der Waals surface area contributed by atoms with Gasteiger partial charge in [-0.3, -0.25) is 0 Å². The van der Waals surface area contributed by atoms with Gasteiger partial charge >= 0.3 is 65.9 Å². The normalized spacial score (nSPS) is 23.1. The van der Waals surface area contributed by atoms with Crippen LogP contribution in [0.4, 0.5) is 0 Å². The molecule has 0 amide bonds. The van der Waals surface area contributed by atoms with Gasteiger partial charge in [0.25, 0.3) is 0 Å². The van der Waals surface area contributed by atoms with Gasteiger partial charge in [-0.1, -0.05) is 0 Å². The molecule has 48 valence electrons. The Morgan fingerprint density at radius 1 is 0.571 bits per heavy atom. The molecule has 7 heteroatoms. The van der Waals surface area contributed by atoms with E-state index in [2.05, 4.69) is 0 Å². The predicted molar refractivity (Wildman–Crippen MR) is 40.9 cm³/mol. The van der Waals surface area contributed by atoms with E-state index in [0.29, 0.717) is 0 Å².